The molecule has 0 saturated carbocycles. The van der Waals surface area contributed by atoms with Gasteiger partial charge in [0.15, 0.2) is 0 Å². The van der Waals surface area contributed by atoms with Crippen LogP contribution in [0.3, 0.4) is 0 Å². The number of nitrogens with zero attached hydrogens (tertiary/aromatic N) is 1. The molecular weight excluding hydrogens is 232 g/mol. The van der Waals surface area contributed by atoms with Gasteiger partial charge in [-0.15, -0.1) is 0 Å². The summed E-state index contributed by atoms with van der Waals surface area (Å²) in [6.07, 6.45) is 5.41. The topological polar surface area (TPSA) is 15.3 Å². The Balaban J connectivity index is 2.02. The highest BCUT2D eigenvalue weighted by Gasteiger charge is 2.22. The summed E-state index contributed by atoms with van der Waals surface area (Å²) in [5.41, 5.74) is 4.31. The van der Waals surface area contributed by atoms with E-state index in [9.17, 15) is 0 Å². The molecule has 1 atom stereocenters. The maximum absolute atomic E-state index is 3.29. The van der Waals surface area contributed by atoms with Crippen molar-refractivity contribution >= 4 is 0 Å². The van der Waals surface area contributed by atoms with Crippen molar-refractivity contribution in [3.8, 4) is 0 Å². The van der Waals surface area contributed by atoms with E-state index in [1.807, 2.05) is 0 Å². The van der Waals surface area contributed by atoms with Gasteiger partial charge >= 0.3 is 0 Å². The molecule has 2 nitrogen and oxygen atoms in total. The molecule has 2 rings (SSSR count). The monoisotopic (exact) mass is 260 g/mol. The second-order valence-electron chi connectivity index (χ2n) is 5.94. The van der Waals surface area contributed by atoms with E-state index in [2.05, 4.69) is 49.3 Å². The maximum Gasteiger partial charge on any atom is 0.0239 e. The van der Waals surface area contributed by atoms with Gasteiger partial charge in [-0.3, -0.25) is 4.90 Å². The highest BCUT2D eigenvalue weighted by molar-refractivity contribution is 5.30. The van der Waals surface area contributed by atoms with Crippen LogP contribution in [0.4, 0.5) is 0 Å². The highest BCUT2D eigenvalue weighted by atomic mass is 15.2. The molecule has 1 heterocycles. The quantitative estimate of drug-likeness (QED) is 0.874. The molecule has 1 aromatic rings. The first kappa shape index (κ1) is 14.5. The molecule has 1 aliphatic rings. The molecule has 19 heavy (non-hydrogen) atoms. The lowest BCUT2D eigenvalue weighted by atomic mass is 9.97. The van der Waals surface area contributed by atoms with Crippen molar-refractivity contribution in [2.75, 3.05) is 20.1 Å². The molecular formula is C17H28N2. The van der Waals surface area contributed by atoms with Gasteiger partial charge in [-0.25, -0.2) is 0 Å². The smallest absolute Gasteiger partial charge is 0.0239 e. The number of hydrogen-bond acceptors (Lipinski definition) is 2. The maximum atomic E-state index is 3.29. The lowest BCUT2D eigenvalue weighted by Gasteiger charge is -2.36. The Morgan fingerprint density at radius 1 is 1.26 bits per heavy atom. The van der Waals surface area contributed by atoms with E-state index in [4.69, 9.17) is 0 Å². The molecule has 0 aromatic heterocycles. The fraction of sp³-hybridized carbons (Fsp3) is 0.647. The Hall–Kier alpha value is -0.860. The van der Waals surface area contributed by atoms with Gasteiger partial charge < -0.3 is 5.32 Å². The van der Waals surface area contributed by atoms with Gasteiger partial charge in [-0.05, 0) is 64.4 Å². The van der Waals surface area contributed by atoms with E-state index in [1.165, 1.54) is 48.9 Å². The van der Waals surface area contributed by atoms with Gasteiger partial charge in [0.1, 0.15) is 0 Å². The van der Waals surface area contributed by atoms with Crippen molar-refractivity contribution in [3.05, 3.63) is 34.9 Å². The molecule has 1 fully saturated rings. The van der Waals surface area contributed by atoms with Crippen LogP contribution in [0.2, 0.25) is 0 Å². The van der Waals surface area contributed by atoms with Crippen molar-refractivity contribution in [2.45, 2.75) is 52.1 Å². The number of piperidine rings is 1. The SMILES string of the molecule is CNCCC1CCCCN1Cc1ccc(C)cc1C. The Morgan fingerprint density at radius 2 is 2.11 bits per heavy atom. The summed E-state index contributed by atoms with van der Waals surface area (Å²) in [5, 5.41) is 3.29. The number of aryl methyl sites for hydroxylation is 2. The van der Waals surface area contributed by atoms with Crippen molar-refractivity contribution in [1.82, 2.24) is 10.2 Å². The molecule has 0 radical (unpaired) electrons. The molecule has 0 aliphatic carbocycles. The van der Waals surface area contributed by atoms with Gasteiger partial charge in [0.05, 0.1) is 0 Å². The third-order valence-corrected chi connectivity index (χ3v) is 4.35. The molecule has 0 bridgehead atoms. The Morgan fingerprint density at radius 3 is 2.84 bits per heavy atom. The highest BCUT2D eigenvalue weighted by Crippen LogP contribution is 2.23. The van der Waals surface area contributed by atoms with Crippen LogP contribution in [0.1, 0.15) is 42.4 Å². The summed E-state index contributed by atoms with van der Waals surface area (Å²) >= 11 is 0. The predicted molar refractivity (Wildman–Crippen MR) is 82.5 cm³/mol. The minimum Gasteiger partial charge on any atom is -0.320 e. The van der Waals surface area contributed by atoms with Crippen LogP contribution in [0.5, 0.6) is 0 Å². The van der Waals surface area contributed by atoms with Crippen molar-refractivity contribution in [2.24, 2.45) is 0 Å². The molecule has 106 valence electrons. The molecule has 1 saturated heterocycles. The van der Waals surface area contributed by atoms with E-state index in [-0.39, 0.29) is 0 Å². The molecule has 1 aliphatic heterocycles. The number of hydrogen-bond donors (Lipinski definition) is 1. The van der Waals surface area contributed by atoms with Crippen molar-refractivity contribution in [3.63, 3.8) is 0 Å². The predicted octanol–water partition coefficient (Wildman–Crippen LogP) is 3.27. The van der Waals surface area contributed by atoms with Crippen LogP contribution in [0.15, 0.2) is 18.2 Å². The average Bonchev–Trinajstić information content (AvgIpc) is 2.41. The summed E-state index contributed by atoms with van der Waals surface area (Å²) in [5.74, 6) is 0. The van der Waals surface area contributed by atoms with Gasteiger partial charge in [-0.2, -0.15) is 0 Å². The van der Waals surface area contributed by atoms with E-state index in [1.54, 1.807) is 0 Å². The fourth-order valence-electron chi connectivity index (χ4n) is 3.15. The standard InChI is InChI=1S/C17H28N2/c1-14-7-8-16(15(2)12-14)13-19-11-5-4-6-17(19)9-10-18-3/h7-8,12,17-18H,4-6,9-11,13H2,1-3H3. The Labute approximate surface area is 118 Å². The summed E-state index contributed by atoms with van der Waals surface area (Å²) in [7, 11) is 2.05. The van der Waals surface area contributed by atoms with E-state index < -0.39 is 0 Å². The van der Waals surface area contributed by atoms with Crippen LogP contribution in [-0.2, 0) is 6.54 Å². The van der Waals surface area contributed by atoms with E-state index in [0.29, 0.717) is 0 Å². The molecule has 1 aromatic carbocycles. The molecule has 2 heteroatoms. The third-order valence-electron chi connectivity index (χ3n) is 4.35. The minimum atomic E-state index is 0.766. The summed E-state index contributed by atoms with van der Waals surface area (Å²) < 4.78 is 0. The molecule has 0 spiro atoms. The first-order chi connectivity index (χ1) is 9.20. The van der Waals surface area contributed by atoms with Crippen molar-refractivity contribution in [1.29, 1.82) is 0 Å². The second kappa shape index (κ2) is 7.06. The normalized spacial score (nSPS) is 20.7. The van der Waals surface area contributed by atoms with Gasteiger partial charge in [0.2, 0.25) is 0 Å². The Bertz CT molecular complexity index is 400. The van der Waals surface area contributed by atoms with Crippen LogP contribution < -0.4 is 5.32 Å². The minimum absolute atomic E-state index is 0.766. The lowest BCUT2D eigenvalue weighted by molar-refractivity contribution is 0.132. The fourth-order valence-corrected chi connectivity index (χ4v) is 3.15. The summed E-state index contributed by atoms with van der Waals surface area (Å²) in [4.78, 5) is 2.69. The summed E-state index contributed by atoms with van der Waals surface area (Å²) in [6, 6.07) is 7.63. The van der Waals surface area contributed by atoms with Crippen LogP contribution in [0.25, 0.3) is 0 Å². The molecule has 1 unspecified atom stereocenters. The molecule has 0 amide bonds. The van der Waals surface area contributed by atoms with Gasteiger partial charge in [0, 0.05) is 12.6 Å². The van der Waals surface area contributed by atoms with E-state index in [0.717, 1.165) is 19.1 Å². The largest absolute Gasteiger partial charge is 0.320 e. The zero-order valence-corrected chi connectivity index (χ0v) is 12.7. The second-order valence-corrected chi connectivity index (χ2v) is 5.94. The van der Waals surface area contributed by atoms with Crippen molar-refractivity contribution < 1.29 is 0 Å². The Kier molecular flexibility index (Phi) is 5.41. The van der Waals surface area contributed by atoms with Gasteiger partial charge in [-0.1, -0.05) is 30.2 Å². The first-order valence-electron chi connectivity index (χ1n) is 7.65. The number of rotatable bonds is 5. The van der Waals surface area contributed by atoms with Crippen LogP contribution in [-0.4, -0.2) is 31.1 Å². The zero-order valence-electron chi connectivity index (χ0n) is 12.7. The van der Waals surface area contributed by atoms with E-state index >= 15 is 0 Å². The first-order valence-corrected chi connectivity index (χ1v) is 7.65. The number of nitrogens with one attached hydrogen (secondary N) is 1. The van der Waals surface area contributed by atoms with Crippen LogP contribution in [0, 0.1) is 13.8 Å². The molecule has 1 N–H and O–H groups in total. The average molecular weight is 260 g/mol. The summed E-state index contributed by atoms with van der Waals surface area (Å²) in [6.45, 7) is 7.94. The van der Waals surface area contributed by atoms with Crippen LogP contribution >= 0.6 is 0 Å². The van der Waals surface area contributed by atoms with Gasteiger partial charge in [0.25, 0.3) is 0 Å². The third kappa shape index (κ3) is 4.05. The number of likely N-dealkylation sites (tertiary alicyclic amines) is 1. The lowest BCUT2D eigenvalue weighted by Crippen LogP contribution is -2.40. The number of benzene rings is 1. The zero-order chi connectivity index (χ0) is 13.7.